The van der Waals surface area contributed by atoms with E-state index in [0.29, 0.717) is 27.5 Å². The van der Waals surface area contributed by atoms with Crippen LogP contribution in [0.25, 0.3) is 17.3 Å². The Kier molecular flexibility index (Phi) is 7.87. The van der Waals surface area contributed by atoms with Crippen molar-refractivity contribution >= 4 is 40.5 Å². The Morgan fingerprint density at radius 2 is 1.97 bits per heavy atom. The fraction of sp³-hybridized carbons (Fsp3) is 0.208. The zero-order chi connectivity index (χ0) is 23.1. The lowest BCUT2D eigenvalue weighted by Gasteiger charge is -2.09. The Bertz CT molecular complexity index is 1330. The molecule has 0 aliphatic carbocycles. The number of thiazole rings is 1. The zero-order valence-electron chi connectivity index (χ0n) is 17.7. The Hall–Kier alpha value is -3.34. The Labute approximate surface area is 194 Å². The minimum absolute atomic E-state index is 0.120. The number of hydrogen-bond acceptors (Lipinski definition) is 5. The molecule has 1 N–H and O–H groups in total. The first-order valence-electron chi connectivity index (χ1n) is 10.0. The second-order valence-corrected chi connectivity index (χ2v) is 8.34. The van der Waals surface area contributed by atoms with Crippen LogP contribution in [-0.2, 0) is 4.79 Å². The monoisotopic (exact) mass is 467 g/mol. The van der Waals surface area contributed by atoms with E-state index in [9.17, 15) is 14.9 Å². The second-order valence-electron chi connectivity index (χ2n) is 6.88. The number of hydrogen-bond donors (Lipinski definition) is 1. The van der Waals surface area contributed by atoms with Crippen molar-refractivity contribution in [2.45, 2.75) is 19.8 Å². The number of methoxy groups -OCH3 is 1. The number of aromatic nitrogens is 1. The highest BCUT2D eigenvalue weighted by atomic mass is 35.5. The molecule has 1 heterocycles. The SMILES string of the molecule is CCCCNC(=O)/C(C#N)=c1\s/c(=C\c2ccc(Cl)cc2)c(=O)n1-c1ccccc1OC. The zero-order valence-corrected chi connectivity index (χ0v) is 19.3. The molecule has 6 nitrogen and oxygen atoms in total. The first-order chi connectivity index (χ1) is 15.5. The summed E-state index contributed by atoms with van der Waals surface area (Å²) in [6.45, 7) is 2.47. The molecule has 164 valence electrons. The smallest absolute Gasteiger partial charge is 0.273 e. The van der Waals surface area contributed by atoms with Crippen LogP contribution in [0.2, 0.25) is 5.02 Å². The first kappa shape index (κ1) is 23.3. The summed E-state index contributed by atoms with van der Waals surface area (Å²) in [5.41, 5.74) is 0.761. The van der Waals surface area contributed by atoms with Crippen molar-refractivity contribution in [3.63, 3.8) is 0 Å². The van der Waals surface area contributed by atoms with Gasteiger partial charge in [0, 0.05) is 11.6 Å². The average molecular weight is 468 g/mol. The van der Waals surface area contributed by atoms with E-state index in [0.717, 1.165) is 29.7 Å². The highest BCUT2D eigenvalue weighted by Crippen LogP contribution is 2.19. The maximum atomic E-state index is 13.4. The van der Waals surface area contributed by atoms with Crippen LogP contribution in [-0.4, -0.2) is 24.1 Å². The Morgan fingerprint density at radius 3 is 2.62 bits per heavy atom. The van der Waals surface area contributed by atoms with Gasteiger partial charge in [0.1, 0.15) is 16.5 Å². The van der Waals surface area contributed by atoms with Crippen LogP contribution in [0.15, 0.2) is 53.3 Å². The standard InChI is InChI=1S/C24H22ClN3O3S/c1-3-4-13-27-22(29)18(15-26)24-28(19-7-5-6-8-20(19)31-2)23(30)21(32-24)14-16-9-11-17(25)12-10-16/h5-12,14H,3-4,13H2,1-2H3,(H,27,29)/b21-14-,24-18-. The van der Waals surface area contributed by atoms with Crippen molar-refractivity contribution in [3.05, 3.63) is 78.7 Å². The number of rotatable bonds is 7. The van der Waals surface area contributed by atoms with Gasteiger partial charge in [0.25, 0.3) is 11.5 Å². The number of amides is 1. The highest BCUT2D eigenvalue weighted by Gasteiger charge is 2.18. The lowest BCUT2D eigenvalue weighted by molar-refractivity contribution is -0.115. The molecule has 3 rings (SSSR count). The van der Waals surface area contributed by atoms with Crippen LogP contribution in [0, 0.1) is 11.3 Å². The number of para-hydroxylation sites is 2. The van der Waals surface area contributed by atoms with Gasteiger partial charge in [-0.2, -0.15) is 5.26 Å². The van der Waals surface area contributed by atoms with Crippen molar-refractivity contribution in [2.75, 3.05) is 13.7 Å². The summed E-state index contributed by atoms with van der Waals surface area (Å²) in [6, 6.07) is 16.0. The number of unbranched alkanes of at least 4 members (excludes halogenated alkanes) is 1. The summed E-state index contributed by atoms with van der Waals surface area (Å²) in [4.78, 5) is 26.2. The number of nitrogens with zero attached hydrogens (tertiary/aromatic N) is 2. The first-order valence-corrected chi connectivity index (χ1v) is 11.2. The molecule has 3 aromatic rings. The number of nitrogens with one attached hydrogen (secondary N) is 1. The van der Waals surface area contributed by atoms with Crippen molar-refractivity contribution in [3.8, 4) is 17.5 Å². The summed E-state index contributed by atoms with van der Waals surface area (Å²) in [5.74, 6) is -0.0562. The van der Waals surface area contributed by atoms with E-state index >= 15 is 0 Å². The molecule has 0 atom stereocenters. The van der Waals surface area contributed by atoms with Gasteiger partial charge in [-0.25, -0.2) is 0 Å². The summed E-state index contributed by atoms with van der Waals surface area (Å²) in [7, 11) is 1.50. The van der Waals surface area contributed by atoms with Gasteiger partial charge in [0.05, 0.1) is 17.3 Å². The third-order valence-corrected chi connectivity index (χ3v) is 6.03. The molecule has 0 aliphatic rings. The largest absolute Gasteiger partial charge is 0.495 e. The predicted octanol–water partition coefficient (Wildman–Crippen LogP) is 2.98. The molecule has 0 spiro atoms. The van der Waals surface area contributed by atoms with Gasteiger partial charge >= 0.3 is 0 Å². The fourth-order valence-corrected chi connectivity index (χ4v) is 4.28. The lowest BCUT2D eigenvalue weighted by atomic mass is 10.2. The second kappa shape index (κ2) is 10.8. The fourth-order valence-electron chi connectivity index (χ4n) is 3.06. The molecular weight excluding hydrogens is 446 g/mol. The van der Waals surface area contributed by atoms with Crippen LogP contribution in [0.4, 0.5) is 0 Å². The van der Waals surface area contributed by atoms with E-state index in [-0.39, 0.29) is 15.8 Å². The molecule has 8 heteroatoms. The van der Waals surface area contributed by atoms with E-state index < -0.39 is 5.91 Å². The van der Waals surface area contributed by atoms with Gasteiger partial charge < -0.3 is 10.1 Å². The lowest BCUT2D eigenvalue weighted by Crippen LogP contribution is -2.34. The number of benzene rings is 2. The summed E-state index contributed by atoms with van der Waals surface area (Å²) < 4.78 is 7.42. The van der Waals surface area contributed by atoms with Gasteiger partial charge in [-0.15, -0.1) is 11.3 Å². The summed E-state index contributed by atoms with van der Waals surface area (Å²) >= 11 is 7.05. The Morgan fingerprint density at radius 1 is 1.25 bits per heavy atom. The van der Waals surface area contributed by atoms with E-state index in [1.165, 1.54) is 11.7 Å². The molecule has 32 heavy (non-hydrogen) atoms. The van der Waals surface area contributed by atoms with Crippen LogP contribution in [0.1, 0.15) is 25.3 Å². The van der Waals surface area contributed by atoms with Crippen LogP contribution >= 0.6 is 22.9 Å². The molecule has 0 saturated carbocycles. The molecule has 0 radical (unpaired) electrons. The van der Waals surface area contributed by atoms with E-state index in [2.05, 4.69) is 5.32 Å². The number of carbonyl (C=O) groups is 1. The van der Waals surface area contributed by atoms with E-state index in [1.54, 1.807) is 54.6 Å². The number of carbonyl (C=O) groups excluding carboxylic acids is 1. The highest BCUT2D eigenvalue weighted by molar-refractivity contribution is 7.07. The quantitative estimate of drug-likeness (QED) is 0.541. The minimum atomic E-state index is -0.510. The third-order valence-electron chi connectivity index (χ3n) is 4.69. The molecule has 0 unspecified atom stereocenters. The van der Waals surface area contributed by atoms with Crippen LogP contribution in [0.3, 0.4) is 0 Å². The van der Waals surface area contributed by atoms with Gasteiger partial charge in [-0.3, -0.25) is 14.2 Å². The number of nitriles is 1. The summed E-state index contributed by atoms with van der Waals surface area (Å²) in [6.07, 6.45) is 3.42. The Balaban J connectivity index is 2.32. The van der Waals surface area contributed by atoms with Gasteiger partial charge in [-0.1, -0.05) is 49.2 Å². The van der Waals surface area contributed by atoms with Crippen molar-refractivity contribution in [1.82, 2.24) is 9.88 Å². The van der Waals surface area contributed by atoms with Crippen molar-refractivity contribution in [1.29, 1.82) is 5.26 Å². The van der Waals surface area contributed by atoms with Gasteiger partial charge in [0.2, 0.25) is 0 Å². The predicted molar refractivity (Wildman–Crippen MR) is 128 cm³/mol. The topological polar surface area (TPSA) is 84.1 Å². The summed E-state index contributed by atoms with van der Waals surface area (Å²) in [5, 5.41) is 13.2. The average Bonchev–Trinajstić information content (AvgIpc) is 3.11. The number of halogens is 1. The van der Waals surface area contributed by atoms with Crippen molar-refractivity contribution < 1.29 is 9.53 Å². The molecule has 0 aliphatic heterocycles. The number of ether oxygens (including phenoxy) is 1. The molecule has 0 saturated heterocycles. The van der Waals surface area contributed by atoms with Gasteiger partial charge in [-0.05, 0) is 42.3 Å². The van der Waals surface area contributed by atoms with E-state index in [1.807, 2.05) is 13.0 Å². The minimum Gasteiger partial charge on any atom is -0.495 e. The third kappa shape index (κ3) is 5.10. The molecule has 2 aromatic carbocycles. The van der Waals surface area contributed by atoms with Crippen LogP contribution < -0.4 is 24.8 Å². The van der Waals surface area contributed by atoms with Gasteiger partial charge in [0.15, 0.2) is 5.57 Å². The van der Waals surface area contributed by atoms with E-state index in [4.69, 9.17) is 16.3 Å². The molecule has 0 fully saturated rings. The molecule has 1 amide bonds. The normalized spacial score (nSPS) is 12.2. The maximum absolute atomic E-state index is 13.4. The van der Waals surface area contributed by atoms with Crippen molar-refractivity contribution in [2.24, 2.45) is 0 Å². The molecule has 0 bridgehead atoms. The molecule has 1 aromatic heterocycles. The molecular formula is C24H22ClN3O3S. The maximum Gasteiger partial charge on any atom is 0.273 e. The van der Waals surface area contributed by atoms with Crippen LogP contribution in [0.5, 0.6) is 5.75 Å².